The molecule has 0 amide bonds. The van der Waals surface area contributed by atoms with Gasteiger partial charge in [0, 0.05) is 12.5 Å². The third-order valence-corrected chi connectivity index (χ3v) is 1.16. The fourth-order valence-corrected chi connectivity index (χ4v) is 0.422. The summed E-state index contributed by atoms with van der Waals surface area (Å²) in [5, 5.41) is 16.6. The van der Waals surface area contributed by atoms with Gasteiger partial charge in [0.1, 0.15) is 0 Å². The molecule has 0 aliphatic carbocycles. The van der Waals surface area contributed by atoms with Gasteiger partial charge < -0.3 is 10.2 Å². The van der Waals surface area contributed by atoms with Gasteiger partial charge in [-0.15, -0.1) is 0 Å². The van der Waals surface area contributed by atoms with E-state index in [1.165, 1.54) is 0 Å². The van der Waals surface area contributed by atoms with E-state index < -0.39 is 24.8 Å². The summed E-state index contributed by atoms with van der Waals surface area (Å²) in [5.41, 5.74) is 0. The van der Waals surface area contributed by atoms with Crippen molar-refractivity contribution in [2.75, 3.05) is 6.61 Å². The minimum Gasteiger partial charge on any atom is -0.396 e. The second kappa shape index (κ2) is 3.21. The summed E-state index contributed by atoms with van der Waals surface area (Å²) in [6, 6.07) is 0. The monoisotopic (exact) mass is 158 g/mol. The van der Waals surface area contributed by atoms with Crippen molar-refractivity contribution in [1.82, 2.24) is 0 Å². The fraction of sp³-hybridized carbons (Fsp3) is 1.00. The molecular weight excluding hydrogens is 149 g/mol. The largest absolute Gasteiger partial charge is 0.414 e. The van der Waals surface area contributed by atoms with E-state index in [2.05, 4.69) is 0 Å². The predicted molar refractivity (Wildman–Crippen MR) is 28.3 cm³/mol. The average Bonchev–Trinajstić information content (AvgIpc) is 1.83. The van der Waals surface area contributed by atoms with Crippen molar-refractivity contribution in [3.05, 3.63) is 0 Å². The zero-order valence-corrected chi connectivity index (χ0v) is 5.39. The lowest BCUT2D eigenvalue weighted by atomic mass is 10.1. The molecule has 0 saturated carbocycles. The molecule has 0 spiro atoms. The number of aliphatic hydroxyl groups is 2. The van der Waals surface area contributed by atoms with Gasteiger partial charge >= 0.3 is 6.18 Å². The molecule has 0 radical (unpaired) electrons. The highest BCUT2D eigenvalue weighted by atomic mass is 19.4. The molecule has 0 aromatic carbocycles. The smallest absolute Gasteiger partial charge is 0.396 e. The molecule has 62 valence electrons. The molecular formula is C5H9F3O2. The summed E-state index contributed by atoms with van der Waals surface area (Å²) in [6.07, 6.45) is -7.04. The van der Waals surface area contributed by atoms with Crippen LogP contribution >= 0.6 is 0 Å². The highest BCUT2D eigenvalue weighted by Gasteiger charge is 2.41. The molecule has 5 heteroatoms. The molecule has 0 fully saturated rings. The molecule has 2 nitrogen and oxygen atoms in total. The Kier molecular flexibility index (Phi) is 3.11. The molecule has 0 rings (SSSR count). The summed E-state index contributed by atoms with van der Waals surface area (Å²) in [4.78, 5) is 0. The van der Waals surface area contributed by atoms with Crippen LogP contribution in [0.2, 0.25) is 0 Å². The molecule has 2 N–H and O–H groups in total. The number of halogens is 3. The van der Waals surface area contributed by atoms with Gasteiger partial charge in [-0.1, -0.05) is 6.92 Å². The highest BCUT2D eigenvalue weighted by molar-refractivity contribution is 4.70. The summed E-state index contributed by atoms with van der Waals surface area (Å²) in [5.74, 6) is -1.15. The van der Waals surface area contributed by atoms with E-state index >= 15 is 0 Å². The van der Waals surface area contributed by atoms with Gasteiger partial charge in [0.25, 0.3) is 0 Å². The van der Waals surface area contributed by atoms with Gasteiger partial charge in [0.15, 0.2) is 6.10 Å². The van der Waals surface area contributed by atoms with Crippen molar-refractivity contribution >= 4 is 0 Å². The van der Waals surface area contributed by atoms with E-state index in [4.69, 9.17) is 10.2 Å². The minimum absolute atomic E-state index is 0.666. The molecule has 10 heavy (non-hydrogen) atoms. The first-order chi connectivity index (χ1) is 4.39. The number of rotatable bonds is 2. The van der Waals surface area contributed by atoms with E-state index in [0.717, 1.165) is 6.92 Å². The lowest BCUT2D eigenvalue weighted by Gasteiger charge is -2.18. The first-order valence-electron chi connectivity index (χ1n) is 2.75. The van der Waals surface area contributed by atoms with Crippen molar-refractivity contribution in [3.63, 3.8) is 0 Å². The van der Waals surface area contributed by atoms with Crippen molar-refractivity contribution < 1.29 is 23.4 Å². The summed E-state index contributed by atoms with van der Waals surface area (Å²) >= 11 is 0. The highest BCUT2D eigenvalue weighted by Crippen LogP contribution is 2.24. The molecule has 0 saturated heterocycles. The zero-order chi connectivity index (χ0) is 8.36. The van der Waals surface area contributed by atoms with Gasteiger partial charge in [-0.2, -0.15) is 13.2 Å². The summed E-state index contributed by atoms with van der Waals surface area (Å²) in [6.45, 7) is 0.457. The molecule has 0 aromatic heterocycles. The zero-order valence-electron chi connectivity index (χ0n) is 5.39. The number of alkyl halides is 3. The van der Waals surface area contributed by atoms with Crippen LogP contribution in [0.15, 0.2) is 0 Å². The minimum atomic E-state index is -4.62. The van der Waals surface area contributed by atoms with Crippen LogP contribution in [-0.2, 0) is 0 Å². The first-order valence-corrected chi connectivity index (χ1v) is 2.75. The van der Waals surface area contributed by atoms with E-state index in [9.17, 15) is 13.2 Å². The van der Waals surface area contributed by atoms with Crippen molar-refractivity contribution in [1.29, 1.82) is 0 Å². The van der Waals surface area contributed by atoms with E-state index in [1.54, 1.807) is 0 Å². The molecule has 0 aliphatic rings. The Labute approximate surface area is 56.3 Å². The number of hydrogen-bond donors (Lipinski definition) is 2. The van der Waals surface area contributed by atoms with Gasteiger partial charge in [-0.05, 0) is 0 Å². The van der Waals surface area contributed by atoms with Crippen LogP contribution in [0.1, 0.15) is 6.92 Å². The second-order valence-electron chi connectivity index (χ2n) is 2.15. The lowest BCUT2D eigenvalue weighted by Crippen LogP contribution is -2.36. The summed E-state index contributed by atoms with van der Waals surface area (Å²) < 4.78 is 34.6. The SMILES string of the molecule is C[C@H](CO)[C@@H](O)C(F)(F)F. The Morgan fingerprint density at radius 3 is 1.90 bits per heavy atom. The fourth-order valence-electron chi connectivity index (χ4n) is 0.422. The normalized spacial score (nSPS) is 18.6. The molecule has 0 aliphatic heterocycles. The maximum atomic E-state index is 11.5. The lowest BCUT2D eigenvalue weighted by molar-refractivity contribution is -0.220. The van der Waals surface area contributed by atoms with Crippen molar-refractivity contribution in [2.24, 2.45) is 5.92 Å². The van der Waals surface area contributed by atoms with Crippen molar-refractivity contribution in [3.8, 4) is 0 Å². The van der Waals surface area contributed by atoms with E-state index in [0.29, 0.717) is 0 Å². The predicted octanol–water partition coefficient (Wildman–Crippen LogP) is 0.538. The van der Waals surface area contributed by atoms with Gasteiger partial charge in [-0.3, -0.25) is 0 Å². The third-order valence-electron chi connectivity index (χ3n) is 1.16. The van der Waals surface area contributed by atoms with Crippen LogP contribution in [-0.4, -0.2) is 29.1 Å². The van der Waals surface area contributed by atoms with Gasteiger partial charge in [-0.25, -0.2) is 0 Å². The maximum Gasteiger partial charge on any atom is 0.414 e. The van der Waals surface area contributed by atoms with Crippen LogP contribution in [0.5, 0.6) is 0 Å². The Morgan fingerprint density at radius 2 is 1.80 bits per heavy atom. The second-order valence-corrected chi connectivity index (χ2v) is 2.15. The average molecular weight is 158 g/mol. The van der Waals surface area contributed by atoms with Crippen LogP contribution in [0.3, 0.4) is 0 Å². The maximum absolute atomic E-state index is 11.5. The Bertz CT molecular complexity index is 102. The standard InChI is InChI=1S/C5H9F3O2/c1-3(2-9)4(10)5(6,7)8/h3-4,9-10H,2H2,1H3/t3-,4-/m1/s1. The molecule has 0 unspecified atom stereocenters. The Balaban J connectivity index is 3.94. The van der Waals surface area contributed by atoms with Crippen LogP contribution in [0, 0.1) is 5.92 Å². The Hall–Kier alpha value is -0.290. The molecule has 0 heterocycles. The number of aliphatic hydroxyl groups excluding tert-OH is 2. The van der Waals surface area contributed by atoms with Crippen LogP contribution < -0.4 is 0 Å². The molecule has 0 aromatic rings. The topological polar surface area (TPSA) is 40.5 Å². The van der Waals surface area contributed by atoms with Crippen LogP contribution in [0.25, 0.3) is 0 Å². The quantitative estimate of drug-likeness (QED) is 0.615. The third kappa shape index (κ3) is 2.53. The van der Waals surface area contributed by atoms with Crippen molar-refractivity contribution in [2.45, 2.75) is 19.2 Å². The summed E-state index contributed by atoms with van der Waals surface area (Å²) in [7, 11) is 0. The van der Waals surface area contributed by atoms with Gasteiger partial charge in [0.05, 0.1) is 0 Å². The van der Waals surface area contributed by atoms with Gasteiger partial charge in [0.2, 0.25) is 0 Å². The van der Waals surface area contributed by atoms with Crippen LogP contribution in [0.4, 0.5) is 13.2 Å². The first kappa shape index (κ1) is 9.71. The number of hydrogen-bond acceptors (Lipinski definition) is 2. The molecule has 0 bridgehead atoms. The van der Waals surface area contributed by atoms with E-state index in [-0.39, 0.29) is 0 Å². The molecule has 2 atom stereocenters. The van der Waals surface area contributed by atoms with E-state index in [1.807, 2.05) is 0 Å². The Morgan fingerprint density at radius 1 is 1.40 bits per heavy atom.